The van der Waals surface area contributed by atoms with Crippen LogP contribution in [0.15, 0.2) is 24.3 Å². The van der Waals surface area contributed by atoms with Gasteiger partial charge in [-0.05, 0) is 6.42 Å². The minimum absolute atomic E-state index is 0.0115. The molecule has 0 radical (unpaired) electrons. The maximum atomic E-state index is 10.8. The summed E-state index contributed by atoms with van der Waals surface area (Å²) in [5, 5.41) is 18.2. The van der Waals surface area contributed by atoms with Crippen molar-refractivity contribution in [2.24, 2.45) is 0 Å². The molecule has 0 aromatic heterocycles. The molecule has 76 valence electrons. The number of amides is 2. The Labute approximate surface area is 79.5 Å². The number of carbonyl (C=O) groups is 3. The third-order valence-corrected chi connectivity index (χ3v) is 1.17. The standard InChI is InChI=1S/C8H9NO5/c1-2-3-5(7(11)12)4-6(10)9-8(13)14/h2,4H,1,3H2,(H,9,10)(H,11,12)(H,13,14)/b5-4-. The van der Waals surface area contributed by atoms with Crippen LogP contribution in [0.1, 0.15) is 6.42 Å². The molecular formula is C8H9NO5. The topological polar surface area (TPSA) is 104 Å². The smallest absolute Gasteiger partial charge is 0.411 e. The molecule has 0 aromatic rings. The van der Waals surface area contributed by atoms with Gasteiger partial charge in [-0.25, -0.2) is 9.59 Å². The van der Waals surface area contributed by atoms with Crippen molar-refractivity contribution in [2.75, 3.05) is 0 Å². The molecule has 0 aliphatic rings. The lowest BCUT2D eigenvalue weighted by Gasteiger charge is -1.97. The second-order valence-electron chi connectivity index (χ2n) is 2.26. The van der Waals surface area contributed by atoms with Gasteiger partial charge < -0.3 is 10.2 Å². The van der Waals surface area contributed by atoms with Crippen LogP contribution in [0, 0.1) is 0 Å². The molecule has 0 heterocycles. The highest BCUT2D eigenvalue weighted by atomic mass is 16.4. The third-order valence-electron chi connectivity index (χ3n) is 1.17. The van der Waals surface area contributed by atoms with Crippen molar-refractivity contribution in [3.8, 4) is 0 Å². The van der Waals surface area contributed by atoms with E-state index in [4.69, 9.17) is 10.2 Å². The summed E-state index contributed by atoms with van der Waals surface area (Å²) in [7, 11) is 0. The molecule has 0 rings (SSSR count). The quantitative estimate of drug-likeness (QED) is 0.448. The average molecular weight is 199 g/mol. The second kappa shape index (κ2) is 5.52. The first kappa shape index (κ1) is 11.9. The Morgan fingerprint density at radius 3 is 2.21 bits per heavy atom. The molecule has 0 bridgehead atoms. The van der Waals surface area contributed by atoms with Gasteiger partial charge in [0.25, 0.3) is 5.91 Å². The van der Waals surface area contributed by atoms with Gasteiger partial charge in [-0.2, -0.15) is 0 Å². The Kier molecular flexibility index (Phi) is 4.69. The predicted octanol–water partition coefficient (Wildman–Crippen LogP) is 0.368. The van der Waals surface area contributed by atoms with E-state index in [1.807, 2.05) is 0 Å². The van der Waals surface area contributed by atoms with E-state index in [1.54, 1.807) is 0 Å². The minimum atomic E-state index is -1.53. The lowest BCUT2D eigenvalue weighted by Crippen LogP contribution is -2.27. The summed E-state index contributed by atoms with van der Waals surface area (Å²) in [5.74, 6) is -2.28. The van der Waals surface area contributed by atoms with Gasteiger partial charge in [-0.3, -0.25) is 10.1 Å². The number of nitrogens with one attached hydrogen (secondary N) is 1. The summed E-state index contributed by atoms with van der Waals surface area (Å²) >= 11 is 0. The van der Waals surface area contributed by atoms with Crippen LogP contribution in [0.4, 0.5) is 4.79 Å². The molecule has 0 aliphatic carbocycles. The average Bonchev–Trinajstić information content (AvgIpc) is 2.01. The Hall–Kier alpha value is -2.11. The fourth-order valence-electron chi connectivity index (χ4n) is 0.663. The lowest BCUT2D eigenvalue weighted by molar-refractivity contribution is -0.133. The molecule has 14 heavy (non-hydrogen) atoms. The molecule has 2 amide bonds. The number of aliphatic carboxylic acids is 1. The molecule has 0 fully saturated rings. The van der Waals surface area contributed by atoms with Crippen LogP contribution >= 0.6 is 0 Å². The largest absolute Gasteiger partial charge is 0.478 e. The highest BCUT2D eigenvalue weighted by Gasteiger charge is 2.09. The molecule has 0 aliphatic heterocycles. The van der Waals surface area contributed by atoms with E-state index in [9.17, 15) is 14.4 Å². The fraction of sp³-hybridized carbons (Fsp3) is 0.125. The Balaban J connectivity index is 4.56. The van der Waals surface area contributed by atoms with Crippen LogP contribution in [-0.2, 0) is 9.59 Å². The van der Waals surface area contributed by atoms with Gasteiger partial charge in [0.15, 0.2) is 0 Å². The fourth-order valence-corrected chi connectivity index (χ4v) is 0.663. The van der Waals surface area contributed by atoms with Crippen LogP contribution in [-0.4, -0.2) is 28.2 Å². The van der Waals surface area contributed by atoms with Crippen molar-refractivity contribution in [3.63, 3.8) is 0 Å². The van der Waals surface area contributed by atoms with Crippen molar-refractivity contribution in [1.29, 1.82) is 0 Å². The molecule has 6 nitrogen and oxygen atoms in total. The van der Waals surface area contributed by atoms with Crippen LogP contribution in [0.5, 0.6) is 0 Å². The van der Waals surface area contributed by atoms with Gasteiger partial charge in [-0.15, -0.1) is 6.58 Å². The first-order valence-corrected chi connectivity index (χ1v) is 3.56. The van der Waals surface area contributed by atoms with Crippen molar-refractivity contribution in [1.82, 2.24) is 5.32 Å². The zero-order valence-corrected chi connectivity index (χ0v) is 7.19. The van der Waals surface area contributed by atoms with Crippen molar-refractivity contribution >= 4 is 18.0 Å². The number of hydrogen-bond acceptors (Lipinski definition) is 3. The number of rotatable bonds is 4. The number of imide groups is 1. The van der Waals surface area contributed by atoms with E-state index in [1.165, 1.54) is 11.4 Å². The summed E-state index contributed by atoms with van der Waals surface area (Å²) < 4.78 is 0. The lowest BCUT2D eigenvalue weighted by atomic mass is 10.2. The van der Waals surface area contributed by atoms with Gasteiger partial charge in [0, 0.05) is 11.6 Å². The summed E-state index contributed by atoms with van der Waals surface area (Å²) in [4.78, 5) is 31.2. The first-order valence-electron chi connectivity index (χ1n) is 3.56. The van der Waals surface area contributed by atoms with Crippen molar-refractivity contribution < 1.29 is 24.6 Å². The Bertz CT molecular complexity index is 305. The Morgan fingerprint density at radius 2 is 1.86 bits per heavy atom. The van der Waals surface area contributed by atoms with Crippen molar-refractivity contribution in [3.05, 3.63) is 24.3 Å². The van der Waals surface area contributed by atoms with Gasteiger partial charge in [-0.1, -0.05) is 6.08 Å². The highest BCUT2D eigenvalue weighted by molar-refractivity contribution is 6.02. The van der Waals surface area contributed by atoms with Crippen molar-refractivity contribution in [2.45, 2.75) is 6.42 Å². The van der Waals surface area contributed by atoms with E-state index >= 15 is 0 Å². The molecular weight excluding hydrogens is 190 g/mol. The maximum Gasteiger partial charge on any atom is 0.411 e. The molecule has 3 N–H and O–H groups in total. The number of allylic oxidation sites excluding steroid dienone is 1. The summed E-state index contributed by atoms with van der Waals surface area (Å²) in [6, 6.07) is 0. The van der Waals surface area contributed by atoms with Gasteiger partial charge in [0.1, 0.15) is 0 Å². The van der Waals surface area contributed by atoms with Gasteiger partial charge in [0.2, 0.25) is 0 Å². The Morgan fingerprint density at radius 1 is 1.29 bits per heavy atom. The van der Waals surface area contributed by atoms with Gasteiger partial charge >= 0.3 is 12.1 Å². The molecule has 0 unspecified atom stereocenters. The number of carbonyl (C=O) groups excluding carboxylic acids is 1. The van der Waals surface area contributed by atoms with Crippen LogP contribution in [0.3, 0.4) is 0 Å². The van der Waals surface area contributed by atoms with E-state index in [-0.39, 0.29) is 12.0 Å². The normalized spacial score (nSPS) is 10.4. The first-order chi connectivity index (χ1) is 6.47. The molecule has 0 atom stereocenters. The molecule has 0 spiro atoms. The van der Waals surface area contributed by atoms with Gasteiger partial charge in [0.05, 0.1) is 0 Å². The highest BCUT2D eigenvalue weighted by Crippen LogP contribution is 2.01. The zero-order valence-electron chi connectivity index (χ0n) is 7.19. The zero-order chi connectivity index (χ0) is 11.1. The SMILES string of the molecule is C=CC/C(=C/C(=O)NC(=O)O)C(=O)O. The number of carboxylic acids is 1. The molecule has 6 heteroatoms. The summed E-state index contributed by atoms with van der Waals surface area (Å²) in [6.07, 6.45) is 0.462. The number of hydrogen-bond donors (Lipinski definition) is 3. The summed E-state index contributed by atoms with van der Waals surface area (Å²) in [5.41, 5.74) is -0.223. The van der Waals surface area contributed by atoms with E-state index in [2.05, 4.69) is 6.58 Å². The predicted molar refractivity (Wildman–Crippen MR) is 46.7 cm³/mol. The molecule has 0 saturated carbocycles. The second-order valence-corrected chi connectivity index (χ2v) is 2.26. The van der Waals surface area contributed by atoms with Crippen LogP contribution in [0.2, 0.25) is 0 Å². The monoisotopic (exact) mass is 199 g/mol. The van der Waals surface area contributed by atoms with Crippen LogP contribution in [0.25, 0.3) is 0 Å². The maximum absolute atomic E-state index is 10.8. The van der Waals surface area contributed by atoms with E-state index in [0.717, 1.165) is 0 Å². The van der Waals surface area contributed by atoms with Crippen LogP contribution < -0.4 is 5.32 Å². The summed E-state index contributed by atoms with van der Waals surface area (Å²) in [6.45, 7) is 3.30. The van der Waals surface area contributed by atoms with E-state index in [0.29, 0.717) is 6.08 Å². The third kappa shape index (κ3) is 4.70. The minimum Gasteiger partial charge on any atom is -0.478 e. The van der Waals surface area contributed by atoms with E-state index < -0.39 is 18.0 Å². The number of carboxylic acid groups (broad SMARTS) is 2. The molecule has 0 saturated heterocycles. The molecule has 0 aromatic carbocycles.